The molecule has 3 rings (SSSR count). The van der Waals surface area contributed by atoms with Gasteiger partial charge in [0.1, 0.15) is 5.60 Å². The van der Waals surface area contributed by atoms with Crippen LogP contribution in [0.15, 0.2) is 48.5 Å². The van der Waals surface area contributed by atoms with Gasteiger partial charge in [0.2, 0.25) is 0 Å². The van der Waals surface area contributed by atoms with Crippen LogP contribution in [0.25, 0.3) is 11.1 Å². The van der Waals surface area contributed by atoms with Crippen molar-refractivity contribution in [2.75, 3.05) is 11.9 Å². The second-order valence-corrected chi connectivity index (χ2v) is 8.71. The van der Waals surface area contributed by atoms with E-state index in [0.29, 0.717) is 31.6 Å². The Bertz CT molecular complexity index is 905. The van der Waals surface area contributed by atoms with Crippen molar-refractivity contribution in [2.45, 2.75) is 70.4 Å². The molecule has 0 bridgehead atoms. The molecular weight excluding hydrogens is 404 g/mol. The van der Waals surface area contributed by atoms with E-state index >= 15 is 0 Å². The number of benzene rings is 2. The molecule has 6 heteroatoms. The first-order chi connectivity index (χ1) is 15.4. The van der Waals surface area contributed by atoms with Gasteiger partial charge >= 0.3 is 12.1 Å². The second-order valence-electron chi connectivity index (χ2n) is 8.71. The average Bonchev–Trinajstić information content (AvgIpc) is 2.77. The van der Waals surface area contributed by atoms with Crippen molar-refractivity contribution < 1.29 is 19.1 Å². The number of ether oxygens (including phenoxy) is 2. The highest BCUT2D eigenvalue weighted by atomic mass is 16.6. The quantitative estimate of drug-likeness (QED) is 0.535. The number of carbonyl (C=O) groups is 2. The van der Waals surface area contributed by atoms with Crippen molar-refractivity contribution in [3.05, 3.63) is 54.1 Å². The minimum Gasteiger partial charge on any atom is -0.466 e. The number of rotatable bonds is 8. The van der Waals surface area contributed by atoms with Crippen LogP contribution in [-0.4, -0.2) is 30.3 Å². The van der Waals surface area contributed by atoms with E-state index in [0.717, 1.165) is 42.4 Å². The van der Waals surface area contributed by atoms with Crippen LogP contribution in [0, 0.1) is 0 Å². The van der Waals surface area contributed by atoms with Crippen LogP contribution in [0.1, 0.15) is 57.9 Å². The van der Waals surface area contributed by atoms with Gasteiger partial charge < -0.3 is 15.2 Å². The molecule has 1 fully saturated rings. The third kappa shape index (κ3) is 6.82. The third-order valence-electron chi connectivity index (χ3n) is 5.98. The van der Waals surface area contributed by atoms with Gasteiger partial charge in [-0.1, -0.05) is 42.5 Å². The Morgan fingerprint density at radius 2 is 1.84 bits per heavy atom. The zero-order valence-corrected chi connectivity index (χ0v) is 19.1. The molecule has 32 heavy (non-hydrogen) atoms. The van der Waals surface area contributed by atoms with E-state index in [1.807, 2.05) is 55.5 Å². The van der Waals surface area contributed by atoms with E-state index in [9.17, 15) is 9.59 Å². The van der Waals surface area contributed by atoms with Gasteiger partial charge in [-0.3, -0.25) is 10.1 Å². The molecule has 0 heterocycles. The summed E-state index contributed by atoms with van der Waals surface area (Å²) in [6.07, 6.45) is 4.56. The molecule has 0 aromatic heterocycles. The summed E-state index contributed by atoms with van der Waals surface area (Å²) in [5, 5.41) is 2.97. The molecule has 3 N–H and O–H groups in total. The lowest BCUT2D eigenvalue weighted by molar-refractivity contribution is -0.143. The first kappa shape index (κ1) is 23.8. The van der Waals surface area contributed by atoms with Crippen molar-refractivity contribution in [1.82, 2.24) is 0 Å². The zero-order chi connectivity index (χ0) is 23.0. The van der Waals surface area contributed by atoms with Gasteiger partial charge in [-0.2, -0.15) is 0 Å². The number of carbonyl (C=O) groups excluding carboxylic acids is 2. The van der Waals surface area contributed by atoms with Gasteiger partial charge in [-0.25, -0.2) is 4.79 Å². The Balaban J connectivity index is 1.73. The normalized spacial score (nSPS) is 20.4. The predicted octanol–water partition coefficient (Wildman–Crippen LogP) is 5.45. The largest absolute Gasteiger partial charge is 0.466 e. The Hall–Kier alpha value is -2.86. The van der Waals surface area contributed by atoms with E-state index in [1.165, 1.54) is 0 Å². The molecule has 1 saturated carbocycles. The van der Waals surface area contributed by atoms with Crippen LogP contribution >= 0.6 is 0 Å². The van der Waals surface area contributed by atoms with Crippen LogP contribution in [0.2, 0.25) is 0 Å². The number of hydrogen-bond donors (Lipinski definition) is 2. The maximum atomic E-state index is 12.8. The van der Waals surface area contributed by atoms with Crippen molar-refractivity contribution >= 4 is 17.7 Å². The standard InChI is InChI=1S/C26H34N2O4/c1-3-31-24(29)11-7-8-19-12-13-22(20-9-5-4-6-10-20)23(18-19)28-25(30)32-26(2)16-14-21(27)15-17-26/h4-6,9-10,12-13,18,21H,3,7-8,11,14-17,27H2,1-2H3,(H,28,30). The van der Waals surface area contributed by atoms with Crippen LogP contribution < -0.4 is 11.1 Å². The Morgan fingerprint density at radius 1 is 1.12 bits per heavy atom. The van der Waals surface area contributed by atoms with E-state index in [4.69, 9.17) is 15.2 Å². The number of amides is 1. The molecule has 0 saturated heterocycles. The minimum atomic E-state index is -0.496. The number of aryl methyl sites for hydroxylation is 1. The lowest BCUT2D eigenvalue weighted by atomic mass is 9.84. The van der Waals surface area contributed by atoms with Gasteiger partial charge in [0.25, 0.3) is 0 Å². The molecule has 0 spiro atoms. The van der Waals surface area contributed by atoms with Crippen molar-refractivity contribution in [3.63, 3.8) is 0 Å². The number of nitrogens with two attached hydrogens (primary N) is 1. The molecule has 1 aliphatic rings. The molecule has 0 aliphatic heterocycles. The highest BCUT2D eigenvalue weighted by Crippen LogP contribution is 2.33. The first-order valence-corrected chi connectivity index (χ1v) is 11.5. The van der Waals surface area contributed by atoms with E-state index in [1.54, 1.807) is 6.92 Å². The number of hydrogen-bond acceptors (Lipinski definition) is 5. The average molecular weight is 439 g/mol. The van der Waals surface area contributed by atoms with Crippen LogP contribution in [0.3, 0.4) is 0 Å². The zero-order valence-electron chi connectivity index (χ0n) is 19.1. The fourth-order valence-corrected chi connectivity index (χ4v) is 4.10. The summed E-state index contributed by atoms with van der Waals surface area (Å²) in [7, 11) is 0. The van der Waals surface area contributed by atoms with Crippen molar-refractivity contribution in [3.8, 4) is 11.1 Å². The Morgan fingerprint density at radius 3 is 2.53 bits per heavy atom. The first-order valence-electron chi connectivity index (χ1n) is 11.5. The van der Waals surface area contributed by atoms with Gasteiger partial charge in [-0.05, 0) is 69.6 Å². The highest BCUT2D eigenvalue weighted by Gasteiger charge is 2.33. The molecular formula is C26H34N2O4. The summed E-state index contributed by atoms with van der Waals surface area (Å²) in [5.74, 6) is -0.184. The molecule has 0 unspecified atom stereocenters. The van der Waals surface area contributed by atoms with Crippen molar-refractivity contribution in [2.24, 2.45) is 5.73 Å². The minimum absolute atomic E-state index is 0.184. The lowest BCUT2D eigenvalue weighted by Crippen LogP contribution is -2.41. The molecule has 6 nitrogen and oxygen atoms in total. The van der Waals surface area contributed by atoms with Crippen LogP contribution in [0.4, 0.5) is 10.5 Å². The van der Waals surface area contributed by atoms with E-state index in [-0.39, 0.29) is 12.0 Å². The molecule has 1 amide bonds. The highest BCUT2D eigenvalue weighted by molar-refractivity contribution is 5.92. The predicted molar refractivity (Wildman–Crippen MR) is 126 cm³/mol. The summed E-state index contributed by atoms with van der Waals surface area (Å²) < 4.78 is 10.8. The number of anilines is 1. The summed E-state index contributed by atoms with van der Waals surface area (Å²) >= 11 is 0. The maximum Gasteiger partial charge on any atom is 0.412 e. The number of nitrogens with one attached hydrogen (secondary N) is 1. The molecule has 0 atom stereocenters. The van der Waals surface area contributed by atoms with Crippen LogP contribution in [0.5, 0.6) is 0 Å². The van der Waals surface area contributed by atoms with Gasteiger partial charge in [-0.15, -0.1) is 0 Å². The monoisotopic (exact) mass is 438 g/mol. The molecule has 2 aromatic carbocycles. The van der Waals surface area contributed by atoms with E-state index < -0.39 is 11.7 Å². The Kier molecular flexibility index (Phi) is 8.28. The summed E-state index contributed by atoms with van der Waals surface area (Å²) in [4.78, 5) is 24.4. The van der Waals surface area contributed by atoms with Crippen molar-refractivity contribution in [1.29, 1.82) is 0 Å². The smallest absolute Gasteiger partial charge is 0.412 e. The van der Waals surface area contributed by atoms with E-state index in [2.05, 4.69) is 5.32 Å². The molecule has 172 valence electrons. The fourth-order valence-electron chi connectivity index (χ4n) is 4.10. The number of esters is 1. The topological polar surface area (TPSA) is 90.6 Å². The summed E-state index contributed by atoms with van der Waals surface area (Å²) in [6, 6.07) is 16.1. The van der Waals surface area contributed by atoms with Gasteiger partial charge in [0.05, 0.1) is 12.3 Å². The van der Waals surface area contributed by atoms with Gasteiger partial charge in [0, 0.05) is 18.0 Å². The van der Waals surface area contributed by atoms with Crippen LogP contribution in [-0.2, 0) is 20.7 Å². The summed E-state index contributed by atoms with van der Waals surface area (Å²) in [6.45, 7) is 4.17. The second kappa shape index (κ2) is 11.1. The maximum absolute atomic E-state index is 12.8. The fraction of sp³-hybridized carbons (Fsp3) is 0.462. The summed E-state index contributed by atoms with van der Waals surface area (Å²) in [5.41, 5.74) is 9.18. The molecule has 1 aliphatic carbocycles. The SMILES string of the molecule is CCOC(=O)CCCc1ccc(-c2ccccc2)c(NC(=O)OC2(C)CCC(N)CC2)c1. The molecule has 2 aromatic rings. The Labute approximate surface area is 190 Å². The lowest BCUT2D eigenvalue weighted by Gasteiger charge is -2.35. The third-order valence-corrected chi connectivity index (χ3v) is 5.98. The van der Waals surface area contributed by atoms with Gasteiger partial charge in [0.15, 0.2) is 0 Å². The molecule has 0 radical (unpaired) electrons.